The van der Waals surface area contributed by atoms with E-state index < -0.39 is 39.9 Å². The molecule has 0 amide bonds. The monoisotopic (exact) mass is 283 g/mol. The largest absolute Gasteiger partial charge is 0.416 e. The van der Waals surface area contributed by atoms with E-state index in [0.29, 0.717) is 18.2 Å². The lowest BCUT2D eigenvalue weighted by Crippen LogP contribution is -2.13. The van der Waals surface area contributed by atoms with Crippen molar-refractivity contribution >= 4 is 0 Å². The average molecular weight is 283 g/mol. The number of aromatic nitrogens is 2. The molecule has 2 aromatic rings. The summed E-state index contributed by atoms with van der Waals surface area (Å²) in [6, 6.07) is 3.19. The second-order valence-corrected chi connectivity index (χ2v) is 3.76. The minimum Gasteiger partial charge on any atom is -0.312 e. The van der Waals surface area contributed by atoms with Gasteiger partial charge in [-0.25, -0.2) is 9.37 Å². The van der Waals surface area contributed by atoms with Crippen LogP contribution >= 0.6 is 0 Å². The van der Waals surface area contributed by atoms with E-state index in [1.807, 2.05) is 0 Å². The van der Waals surface area contributed by atoms with Crippen LogP contribution in [0.5, 0.6) is 0 Å². The molecule has 0 fully saturated rings. The number of aromatic amines is 1. The van der Waals surface area contributed by atoms with E-state index >= 15 is 0 Å². The van der Waals surface area contributed by atoms with Crippen LogP contribution in [0.3, 0.4) is 0 Å². The zero-order valence-electron chi connectivity index (χ0n) is 9.62. The molecular formula is C12H5F4N3O. The van der Waals surface area contributed by atoms with E-state index in [2.05, 4.69) is 9.97 Å². The zero-order chi connectivity index (χ0) is 14.9. The maximum atomic E-state index is 13.7. The molecular weight excluding hydrogens is 278 g/mol. The minimum absolute atomic E-state index is 0.431. The van der Waals surface area contributed by atoms with Gasteiger partial charge >= 0.3 is 6.18 Å². The topological polar surface area (TPSA) is 69.5 Å². The number of hydrogen-bond acceptors (Lipinski definition) is 3. The fourth-order valence-corrected chi connectivity index (χ4v) is 1.59. The van der Waals surface area contributed by atoms with Crippen LogP contribution in [0.2, 0.25) is 0 Å². The smallest absolute Gasteiger partial charge is 0.312 e. The third-order valence-electron chi connectivity index (χ3n) is 2.51. The highest BCUT2D eigenvalue weighted by atomic mass is 19.4. The third kappa shape index (κ3) is 2.38. The Morgan fingerprint density at radius 1 is 1.30 bits per heavy atom. The van der Waals surface area contributed by atoms with Crippen molar-refractivity contribution in [2.24, 2.45) is 0 Å². The predicted molar refractivity (Wildman–Crippen MR) is 60.0 cm³/mol. The second-order valence-electron chi connectivity index (χ2n) is 3.76. The molecule has 0 spiro atoms. The normalized spacial score (nSPS) is 11.2. The summed E-state index contributed by atoms with van der Waals surface area (Å²) in [6.45, 7) is 0. The molecule has 0 unspecified atom stereocenters. The first-order valence-corrected chi connectivity index (χ1v) is 5.19. The molecule has 102 valence electrons. The van der Waals surface area contributed by atoms with E-state index in [4.69, 9.17) is 5.26 Å². The van der Waals surface area contributed by atoms with Crippen LogP contribution in [0, 0.1) is 17.1 Å². The van der Waals surface area contributed by atoms with E-state index in [0.717, 1.165) is 6.33 Å². The number of nitriles is 1. The molecule has 20 heavy (non-hydrogen) atoms. The van der Waals surface area contributed by atoms with E-state index in [1.54, 1.807) is 0 Å². The highest BCUT2D eigenvalue weighted by Crippen LogP contribution is 2.33. The van der Waals surface area contributed by atoms with Gasteiger partial charge in [0.15, 0.2) is 0 Å². The standard InChI is InChI=1S/C12H5F4N3O/c13-9-2-1-6(12(14,15)16)3-7(9)10-8(4-17)11(20)19-5-18-10/h1-3,5H,(H,18,19,20). The van der Waals surface area contributed by atoms with Crippen LogP contribution in [0.25, 0.3) is 11.3 Å². The Bertz CT molecular complexity index is 759. The molecule has 0 atom stereocenters. The summed E-state index contributed by atoms with van der Waals surface area (Å²) >= 11 is 0. The number of alkyl halides is 3. The van der Waals surface area contributed by atoms with Crippen molar-refractivity contribution in [3.63, 3.8) is 0 Å². The van der Waals surface area contributed by atoms with Gasteiger partial charge in [-0.1, -0.05) is 0 Å². The summed E-state index contributed by atoms with van der Waals surface area (Å²) in [5.74, 6) is -1.01. The number of nitrogens with one attached hydrogen (secondary N) is 1. The van der Waals surface area contributed by atoms with Gasteiger partial charge in [0.05, 0.1) is 17.6 Å². The van der Waals surface area contributed by atoms with E-state index in [-0.39, 0.29) is 0 Å². The lowest BCUT2D eigenvalue weighted by atomic mass is 10.0. The van der Waals surface area contributed by atoms with Crippen molar-refractivity contribution in [3.05, 3.63) is 51.8 Å². The Kier molecular flexibility index (Phi) is 3.28. The fraction of sp³-hybridized carbons (Fsp3) is 0.0833. The first-order chi connectivity index (χ1) is 9.34. The molecule has 0 aliphatic heterocycles. The summed E-state index contributed by atoms with van der Waals surface area (Å²) in [7, 11) is 0. The van der Waals surface area contributed by atoms with Gasteiger partial charge in [-0.2, -0.15) is 18.4 Å². The molecule has 0 bridgehead atoms. The molecule has 1 heterocycles. The van der Waals surface area contributed by atoms with E-state index in [1.165, 1.54) is 6.07 Å². The van der Waals surface area contributed by atoms with Crippen LogP contribution < -0.4 is 5.56 Å². The molecule has 0 aliphatic carbocycles. The van der Waals surface area contributed by atoms with Crippen LogP contribution in [0.4, 0.5) is 17.6 Å². The fourth-order valence-electron chi connectivity index (χ4n) is 1.59. The summed E-state index contributed by atoms with van der Waals surface area (Å²) < 4.78 is 51.5. The summed E-state index contributed by atoms with van der Waals surface area (Å²) in [5.41, 5.74) is -3.48. The molecule has 0 aliphatic rings. The van der Waals surface area contributed by atoms with Gasteiger partial charge in [0.25, 0.3) is 5.56 Å². The maximum Gasteiger partial charge on any atom is 0.416 e. The summed E-state index contributed by atoms with van der Waals surface area (Å²) in [5, 5.41) is 8.83. The van der Waals surface area contributed by atoms with Gasteiger partial charge in [0, 0.05) is 5.56 Å². The van der Waals surface area contributed by atoms with Crippen molar-refractivity contribution in [3.8, 4) is 17.3 Å². The highest BCUT2D eigenvalue weighted by molar-refractivity contribution is 5.67. The molecule has 1 N–H and O–H groups in total. The van der Waals surface area contributed by atoms with Gasteiger partial charge in [0.2, 0.25) is 0 Å². The van der Waals surface area contributed by atoms with Gasteiger partial charge < -0.3 is 4.98 Å². The molecule has 4 nitrogen and oxygen atoms in total. The summed E-state index contributed by atoms with van der Waals surface area (Å²) in [4.78, 5) is 17.0. The average Bonchev–Trinajstić information content (AvgIpc) is 2.37. The third-order valence-corrected chi connectivity index (χ3v) is 2.51. The molecule has 0 saturated carbocycles. The van der Waals surface area contributed by atoms with Crippen LogP contribution in [0.15, 0.2) is 29.3 Å². The Hall–Kier alpha value is -2.69. The van der Waals surface area contributed by atoms with Gasteiger partial charge in [-0.3, -0.25) is 4.79 Å². The molecule has 2 rings (SSSR count). The number of benzene rings is 1. The lowest BCUT2D eigenvalue weighted by Gasteiger charge is -2.09. The predicted octanol–water partition coefficient (Wildman–Crippen LogP) is 2.47. The van der Waals surface area contributed by atoms with Crippen molar-refractivity contribution in [2.45, 2.75) is 6.18 Å². The Balaban J connectivity index is 2.74. The first kappa shape index (κ1) is 13.7. The van der Waals surface area contributed by atoms with E-state index in [9.17, 15) is 22.4 Å². The second kappa shape index (κ2) is 4.77. The molecule has 0 saturated heterocycles. The Morgan fingerprint density at radius 3 is 2.60 bits per heavy atom. The molecule has 8 heteroatoms. The first-order valence-electron chi connectivity index (χ1n) is 5.19. The van der Waals surface area contributed by atoms with Gasteiger partial charge in [0.1, 0.15) is 17.4 Å². The highest BCUT2D eigenvalue weighted by Gasteiger charge is 2.31. The zero-order valence-corrected chi connectivity index (χ0v) is 9.62. The number of hydrogen-bond donors (Lipinski definition) is 1. The van der Waals surface area contributed by atoms with Crippen molar-refractivity contribution in [1.82, 2.24) is 9.97 Å². The van der Waals surface area contributed by atoms with Crippen molar-refractivity contribution in [1.29, 1.82) is 5.26 Å². The van der Waals surface area contributed by atoms with Crippen molar-refractivity contribution in [2.75, 3.05) is 0 Å². The Morgan fingerprint density at radius 2 is 2.00 bits per heavy atom. The maximum absolute atomic E-state index is 13.7. The van der Waals surface area contributed by atoms with Crippen LogP contribution in [-0.4, -0.2) is 9.97 Å². The number of nitrogens with zero attached hydrogens (tertiary/aromatic N) is 2. The molecule has 0 radical (unpaired) electrons. The SMILES string of the molecule is N#Cc1c(-c2cc(C(F)(F)F)ccc2F)nc[nH]c1=O. The minimum atomic E-state index is -4.67. The number of H-pyrrole nitrogens is 1. The number of halogens is 4. The van der Waals surface area contributed by atoms with Crippen LogP contribution in [-0.2, 0) is 6.18 Å². The van der Waals surface area contributed by atoms with Gasteiger partial charge in [-0.05, 0) is 18.2 Å². The summed E-state index contributed by atoms with van der Waals surface area (Å²) in [6.07, 6.45) is -3.78. The molecule has 1 aromatic carbocycles. The van der Waals surface area contributed by atoms with Gasteiger partial charge in [-0.15, -0.1) is 0 Å². The number of rotatable bonds is 1. The molecule has 1 aromatic heterocycles. The lowest BCUT2D eigenvalue weighted by molar-refractivity contribution is -0.137. The quantitative estimate of drug-likeness (QED) is 0.817. The Labute approximate surface area is 109 Å². The van der Waals surface area contributed by atoms with Crippen molar-refractivity contribution < 1.29 is 17.6 Å². The van der Waals surface area contributed by atoms with Crippen LogP contribution in [0.1, 0.15) is 11.1 Å².